The number of hydrogen-bond acceptors (Lipinski definition) is 4. The Labute approximate surface area is 122 Å². The molecule has 0 amide bonds. The van der Waals surface area contributed by atoms with Gasteiger partial charge in [0, 0.05) is 4.47 Å². The maximum atomic E-state index is 11.6. The Hall–Kier alpha value is -0.880. The lowest BCUT2D eigenvalue weighted by molar-refractivity contribution is 0.101. The van der Waals surface area contributed by atoms with E-state index in [4.69, 9.17) is 4.74 Å². The summed E-state index contributed by atoms with van der Waals surface area (Å²) in [5, 5.41) is -0.423. The van der Waals surface area contributed by atoms with E-state index in [9.17, 15) is 13.2 Å². The Morgan fingerprint density at radius 3 is 2.53 bits per heavy atom. The summed E-state index contributed by atoms with van der Waals surface area (Å²) in [6.45, 7) is 4.76. The van der Waals surface area contributed by atoms with Crippen LogP contribution in [-0.4, -0.2) is 31.8 Å². The van der Waals surface area contributed by atoms with Crippen LogP contribution in [0.3, 0.4) is 0 Å². The third-order valence-corrected chi connectivity index (χ3v) is 5.33. The van der Waals surface area contributed by atoms with Gasteiger partial charge in [-0.1, -0.05) is 15.9 Å². The second-order valence-corrected chi connectivity index (χ2v) is 8.05. The van der Waals surface area contributed by atoms with Crippen molar-refractivity contribution in [1.82, 2.24) is 0 Å². The van der Waals surface area contributed by atoms with Crippen LogP contribution in [0.1, 0.15) is 31.1 Å². The van der Waals surface area contributed by atoms with Crippen molar-refractivity contribution in [2.24, 2.45) is 0 Å². The number of halogens is 1. The van der Waals surface area contributed by atoms with E-state index in [1.165, 1.54) is 6.92 Å². The molecule has 0 fully saturated rings. The van der Waals surface area contributed by atoms with Crippen LogP contribution in [0.25, 0.3) is 0 Å². The average Bonchev–Trinajstić information content (AvgIpc) is 2.30. The van der Waals surface area contributed by atoms with Gasteiger partial charge in [-0.15, -0.1) is 0 Å². The third-order valence-electron chi connectivity index (χ3n) is 2.66. The first-order valence-corrected chi connectivity index (χ1v) is 8.39. The molecular weight excluding hydrogens is 332 g/mol. The molecule has 0 heterocycles. The summed E-state index contributed by atoms with van der Waals surface area (Å²) in [4.78, 5) is 11.5. The van der Waals surface area contributed by atoms with Crippen LogP contribution in [0.4, 0.5) is 0 Å². The maximum absolute atomic E-state index is 11.6. The molecule has 0 saturated carbocycles. The van der Waals surface area contributed by atoms with Gasteiger partial charge in [-0.2, -0.15) is 0 Å². The van der Waals surface area contributed by atoms with Crippen LogP contribution in [-0.2, 0) is 9.84 Å². The van der Waals surface area contributed by atoms with Crippen LogP contribution < -0.4 is 4.74 Å². The highest BCUT2D eigenvalue weighted by Crippen LogP contribution is 2.23. The van der Waals surface area contributed by atoms with E-state index in [2.05, 4.69) is 15.9 Å². The van der Waals surface area contributed by atoms with Crippen molar-refractivity contribution in [3.8, 4) is 5.75 Å². The summed E-state index contributed by atoms with van der Waals surface area (Å²) in [5.74, 6) is 0.232. The lowest BCUT2D eigenvalue weighted by Gasteiger charge is -2.11. The first-order valence-electron chi connectivity index (χ1n) is 5.89. The van der Waals surface area contributed by atoms with Gasteiger partial charge in [-0.3, -0.25) is 4.79 Å². The lowest BCUT2D eigenvalue weighted by atomic mass is 10.1. The van der Waals surface area contributed by atoms with Crippen molar-refractivity contribution in [3.05, 3.63) is 28.2 Å². The number of ketones is 1. The fourth-order valence-electron chi connectivity index (χ4n) is 1.41. The largest absolute Gasteiger partial charge is 0.492 e. The molecule has 1 aromatic rings. The van der Waals surface area contributed by atoms with Crippen LogP contribution in [0, 0.1) is 0 Å². The average molecular weight is 349 g/mol. The quantitative estimate of drug-likeness (QED) is 0.741. The van der Waals surface area contributed by atoms with Gasteiger partial charge >= 0.3 is 0 Å². The van der Waals surface area contributed by atoms with E-state index in [0.29, 0.717) is 11.3 Å². The van der Waals surface area contributed by atoms with E-state index in [0.717, 1.165) is 4.47 Å². The highest BCUT2D eigenvalue weighted by molar-refractivity contribution is 9.10. The number of hydrogen-bond donors (Lipinski definition) is 0. The molecule has 0 aliphatic heterocycles. The van der Waals surface area contributed by atoms with E-state index >= 15 is 0 Å². The van der Waals surface area contributed by atoms with Gasteiger partial charge in [-0.05, 0) is 39.0 Å². The number of Topliss-reactive ketones (excluding diaryl/α,β-unsaturated/α-hetero) is 1. The van der Waals surface area contributed by atoms with Crippen LogP contribution in [0.5, 0.6) is 5.75 Å². The molecule has 0 N–H and O–H groups in total. The zero-order chi connectivity index (χ0) is 14.6. The fourth-order valence-corrected chi connectivity index (χ4v) is 2.55. The molecule has 1 rings (SSSR count). The number of carbonyl (C=O) groups excluding carboxylic acids is 1. The summed E-state index contributed by atoms with van der Waals surface area (Å²) >= 11 is 3.28. The van der Waals surface area contributed by atoms with Crippen molar-refractivity contribution in [2.45, 2.75) is 26.0 Å². The normalized spacial score (nSPS) is 11.6. The minimum Gasteiger partial charge on any atom is -0.492 e. The summed E-state index contributed by atoms with van der Waals surface area (Å²) < 4.78 is 29.5. The lowest BCUT2D eigenvalue weighted by Crippen LogP contribution is -2.22. The third kappa shape index (κ3) is 4.62. The molecular formula is C13H17BrO4S. The monoisotopic (exact) mass is 348 g/mol. The highest BCUT2D eigenvalue weighted by Gasteiger charge is 2.16. The van der Waals surface area contributed by atoms with Gasteiger partial charge in [0.25, 0.3) is 0 Å². The van der Waals surface area contributed by atoms with Crippen LogP contribution >= 0.6 is 15.9 Å². The van der Waals surface area contributed by atoms with E-state index in [1.54, 1.807) is 32.0 Å². The molecule has 0 spiro atoms. The van der Waals surface area contributed by atoms with E-state index in [-0.39, 0.29) is 18.1 Å². The zero-order valence-corrected chi connectivity index (χ0v) is 13.5. The molecule has 4 nitrogen and oxygen atoms in total. The summed E-state index contributed by atoms with van der Waals surface area (Å²) in [7, 11) is -3.13. The predicted octanol–water partition coefficient (Wildman–Crippen LogP) is 2.85. The summed E-state index contributed by atoms with van der Waals surface area (Å²) in [6.07, 6.45) is 0. The minimum atomic E-state index is -3.13. The number of carbonyl (C=O) groups is 1. The maximum Gasteiger partial charge on any atom is 0.163 e. The van der Waals surface area contributed by atoms with Gasteiger partial charge in [0.2, 0.25) is 0 Å². The van der Waals surface area contributed by atoms with Crippen LogP contribution in [0.2, 0.25) is 0 Å². The standard InChI is InChI=1S/C13H17BrO4S/c1-9(2)19(16,17)7-6-18-13-5-4-11(14)8-12(13)10(3)15/h4-5,8-9H,6-7H2,1-3H3. The zero-order valence-electron chi connectivity index (χ0n) is 11.1. The molecule has 0 aliphatic rings. The number of sulfone groups is 1. The molecule has 106 valence electrons. The molecule has 0 bridgehead atoms. The van der Waals surface area contributed by atoms with E-state index < -0.39 is 15.1 Å². The van der Waals surface area contributed by atoms with Crippen LogP contribution in [0.15, 0.2) is 22.7 Å². The Morgan fingerprint density at radius 2 is 2.00 bits per heavy atom. The Balaban J connectivity index is 2.77. The molecule has 0 saturated heterocycles. The molecule has 0 aliphatic carbocycles. The summed E-state index contributed by atoms with van der Waals surface area (Å²) in [6, 6.07) is 5.07. The number of benzene rings is 1. The second-order valence-electron chi connectivity index (χ2n) is 4.46. The predicted molar refractivity (Wildman–Crippen MR) is 78.6 cm³/mol. The smallest absolute Gasteiger partial charge is 0.163 e. The van der Waals surface area contributed by atoms with Crippen molar-refractivity contribution in [2.75, 3.05) is 12.4 Å². The van der Waals surface area contributed by atoms with E-state index in [1.807, 2.05) is 0 Å². The van der Waals surface area contributed by atoms with Gasteiger partial charge in [0.15, 0.2) is 15.6 Å². The topological polar surface area (TPSA) is 60.4 Å². The molecule has 0 radical (unpaired) electrons. The van der Waals surface area contributed by atoms with Crippen molar-refractivity contribution in [3.63, 3.8) is 0 Å². The Morgan fingerprint density at radius 1 is 1.37 bits per heavy atom. The summed E-state index contributed by atoms with van der Waals surface area (Å²) in [5.41, 5.74) is 0.441. The van der Waals surface area contributed by atoms with Crippen molar-refractivity contribution < 1.29 is 17.9 Å². The van der Waals surface area contributed by atoms with Gasteiger partial charge in [-0.25, -0.2) is 8.42 Å². The number of ether oxygens (including phenoxy) is 1. The van der Waals surface area contributed by atoms with Gasteiger partial charge in [0.1, 0.15) is 12.4 Å². The molecule has 1 aromatic carbocycles. The molecule has 0 atom stereocenters. The minimum absolute atomic E-state index is 0.0441. The molecule has 6 heteroatoms. The highest BCUT2D eigenvalue weighted by atomic mass is 79.9. The first-order chi connectivity index (χ1) is 8.74. The van der Waals surface area contributed by atoms with Crippen molar-refractivity contribution >= 4 is 31.6 Å². The van der Waals surface area contributed by atoms with Crippen molar-refractivity contribution in [1.29, 1.82) is 0 Å². The molecule has 0 aromatic heterocycles. The fraction of sp³-hybridized carbons (Fsp3) is 0.462. The Kier molecular flexibility index (Phi) is 5.55. The van der Waals surface area contributed by atoms with Gasteiger partial charge < -0.3 is 4.74 Å². The molecule has 19 heavy (non-hydrogen) atoms. The van der Waals surface area contributed by atoms with Gasteiger partial charge in [0.05, 0.1) is 16.6 Å². The Bertz CT molecular complexity index is 564. The second kappa shape index (κ2) is 6.52. The number of rotatable bonds is 6. The SMILES string of the molecule is CC(=O)c1cc(Br)ccc1OCCS(=O)(=O)C(C)C. The first kappa shape index (κ1) is 16.2. The molecule has 0 unspecified atom stereocenters.